The number of ether oxygens (including phenoxy) is 2. The number of esters is 2. The summed E-state index contributed by atoms with van der Waals surface area (Å²) in [5.74, 6) is -1.54. The van der Waals surface area contributed by atoms with Gasteiger partial charge >= 0.3 is 11.9 Å². The van der Waals surface area contributed by atoms with Gasteiger partial charge in [-0.15, -0.1) is 12.4 Å². The first-order chi connectivity index (χ1) is 12.8. The molecule has 1 aromatic rings. The maximum absolute atomic E-state index is 12.6. The SMILES string of the molecule is COC(=O)C1=C(C)NC(CSC(N)=[NH2+])=C(C(=O)OC)C1c1cccc(Cl)c1.Cl. The summed E-state index contributed by atoms with van der Waals surface area (Å²) in [7, 11) is 2.57. The zero-order chi connectivity index (χ0) is 20.1. The Morgan fingerprint density at radius 3 is 2.39 bits per heavy atom. The summed E-state index contributed by atoms with van der Waals surface area (Å²) in [4.78, 5) is 25.1. The van der Waals surface area contributed by atoms with E-state index in [1.165, 1.54) is 26.0 Å². The van der Waals surface area contributed by atoms with Crippen LogP contribution in [0.15, 0.2) is 46.8 Å². The number of hydrogen-bond donors (Lipinski definition) is 3. The number of thioether (sulfide) groups is 1. The summed E-state index contributed by atoms with van der Waals surface area (Å²) in [5, 5.41) is 9.28. The summed E-state index contributed by atoms with van der Waals surface area (Å²) in [6, 6.07) is 6.95. The van der Waals surface area contributed by atoms with Crippen molar-refractivity contribution in [3.8, 4) is 0 Å². The number of nitrogens with one attached hydrogen (secondary N) is 1. The van der Waals surface area contributed by atoms with E-state index in [0.29, 0.717) is 33.3 Å². The molecule has 0 radical (unpaired) electrons. The molecule has 1 aliphatic rings. The zero-order valence-corrected chi connectivity index (χ0v) is 18.0. The smallest absolute Gasteiger partial charge is 0.336 e. The van der Waals surface area contributed by atoms with Crippen molar-refractivity contribution in [2.75, 3.05) is 20.0 Å². The molecule has 2 rings (SSSR count). The number of hydrogen-bond acceptors (Lipinski definition) is 6. The maximum Gasteiger partial charge on any atom is 0.336 e. The number of carbonyl (C=O) groups excluding carboxylic acids is 2. The highest BCUT2D eigenvalue weighted by atomic mass is 35.5. The van der Waals surface area contributed by atoms with Crippen LogP contribution in [-0.4, -0.2) is 37.1 Å². The third-order valence-electron chi connectivity index (χ3n) is 4.02. The molecule has 0 aromatic heterocycles. The molecule has 1 aromatic carbocycles. The number of benzene rings is 1. The molecule has 0 spiro atoms. The Kier molecular flexibility index (Phi) is 8.87. The van der Waals surface area contributed by atoms with Crippen LogP contribution in [0.2, 0.25) is 5.02 Å². The van der Waals surface area contributed by atoms with Gasteiger partial charge in [-0.2, -0.15) is 0 Å². The van der Waals surface area contributed by atoms with E-state index in [2.05, 4.69) is 5.32 Å². The van der Waals surface area contributed by atoms with Crippen molar-refractivity contribution in [2.45, 2.75) is 12.8 Å². The maximum atomic E-state index is 12.6. The van der Waals surface area contributed by atoms with Gasteiger partial charge in [0, 0.05) is 22.2 Å². The molecule has 0 amide bonds. The molecule has 1 atom stereocenters. The Bertz CT molecular complexity index is 855. The fourth-order valence-corrected chi connectivity index (χ4v) is 3.65. The second-order valence-electron chi connectivity index (χ2n) is 5.72. The molecule has 10 heteroatoms. The summed E-state index contributed by atoms with van der Waals surface area (Å²) in [6.45, 7) is 1.73. The lowest BCUT2D eigenvalue weighted by Gasteiger charge is -2.31. The van der Waals surface area contributed by atoms with Crippen molar-refractivity contribution in [1.29, 1.82) is 0 Å². The largest absolute Gasteiger partial charge is 0.466 e. The predicted molar refractivity (Wildman–Crippen MR) is 112 cm³/mol. The Morgan fingerprint density at radius 2 is 1.86 bits per heavy atom. The highest BCUT2D eigenvalue weighted by molar-refractivity contribution is 8.13. The van der Waals surface area contributed by atoms with Crippen LogP contribution >= 0.6 is 35.8 Å². The molecule has 0 aliphatic carbocycles. The van der Waals surface area contributed by atoms with E-state index in [0.717, 1.165) is 0 Å². The second-order valence-corrected chi connectivity index (χ2v) is 7.20. The van der Waals surface area contributed by atoms with Crippen molar-refractivity contribution in [3.05, 3.63) is 57.4 Å². The second kappa shape index (κ2) is 10.4. The monoisotopic (exact) mass is 446 g/mol. The highest BCUT2D eigenvalue weighted by Gasteiger charge is 2.38. The van der Waals surface area contributed by atoms with Gasteiger partial charge in [0.05, 0.1) is 31.3 Å². The minimum Gasteiger partial charge on any atom is -0.466 e. The molecule has 152 valence electrons. The van der Waals surface area contributed by atoms with Gasteiger partial charge in [0.25, 0.3) is 5.17 Å². The number of rotatable bonds is 5. The number of dihydropyridines is 1. The average Bonchev–Trinajstić information content (AvgIpc) is 2.64. The number of nitrogens with two attached hydrogens (primary N) is 2. The molecule has 0 bridgehead atoms. The minimum atomic E-state index is -0.709. The molecule has 0 fully saturated rings. The third kappa shape index (κ3) is 5.21. The van der Waals surface area contributed by atoms with Crippen LogP contribution in [0, 0.1) is 0 Å². The average molecular weight is 447 g/mol. The molecule has 28 heavy (non-hydrogen) atoms. The lowest BCUT2D eigenvalue weighted by Crippen LogP contribution is -2.44. The molecule has 5 N–H and O–H groups in total. The Labute approximate surface area is 178 Å². The molecule has 1 unspecified atom stereocenters. The van der Waals surface area contributed by atoms with E-state index in [9.17, 15) is 9.59 Å². The standard InChI is InChI=1S/C18H20ClN3O4S.ClH/c1-9-13(16(23)25-2)14(10-5-4-6-11(19)7-10)15(17(24)26-3)12(22-9)8-27-18(20)21;/h4-7,14,22H,8H2,1-3H3,(H3,20,21);1H/p+1. The van der Waals surface area contributed by atoms with E-state index in [4.69, 9.17) is 32.2 Å². The van der Waals surface area contributed by atoms with Gasteiger partial charge in [0.15, 0.2) is 0 Å². The normalized spacial score (nSPS) is 16.1. The molecule has 0 saturated carbocycles. The summed E-state index contributed by atoms with van der Waals surface area (Å²) >= 11 is 7.31. The number of carbonyl (C=O) groups is 2. The number of allylic oxidation sites excluding steroid dienone is 1. The Morgan fingerprint density at radius 1 is 1.25 bits per heavy atom. The third-order valence-corrected chi connectivity index (χ3v) is 5.02. The quantitative estimate of drug-likeness (QED) is 0.352. The Hall–Kier alpha value is -2.16. The fourth-order valence-electron chi connectivity index (χ4n) is 2.92. The van der Waals surface area contributed by atoms with Crippen molar-refractivity contribution in [1.82, 2.24) is 5.32 Å². The van der Waals surface area contributed by atoms with Gasteiger partial charge in [0.1, 0.15) is 0 Å². The van der Waals surface area contributed by atoms with Crippen LogP contribution in [-0.2, 0) is 19.1 Å². The molecule has 1 heterocycles. The Balaban J connectivity index is 0.00000392. The van der Waals surface area contributed by atoms with Crippen LogP contribution in [0.3, 0.4) is 0 Å². The molecule has 0 saturated heterocycles. The summed E-state index contributed by atoms with van der Waals surface area (Å²) in [5.41, 5.74) is 7.91. The first-order valence-corrected chi connectivity index (χ1v) is 9.30. The van der Waals surface area contributed by atoms with Crippen molar-refractivity contribution >= 4 is 52.9 Å². The van der Waals surface area contributed by atoms with E-state index in [1.807, 2.05) is 0 Å². The molecular formula is C18H22Cl2N3O4S+. The predicted octanol–water partition coefficient (Wildman–Crippen LogP) is 1.13. The highest BCUT2D eigenvalue weighted by Crippen LogP contribution is 2.40. The minimum absolute atomic E-state index is 0. The van der Waals surface area contributed by atoms with E-state index in [-0.39, 0.29) is 23.1 Å². The molecule has 7 nitrogen and oxygen atoms in total. The lowest BCUT2D eigenvalue weighted by atomic mass is 9.80. The van der Waals surface area contributed by atoms with E-state index in [1.54, 1.807) is 31.2 Å². The van der Waals surface area contributed by atoms with Gasteiger partial charge in [-0.05, 0) is 36.4 Å². The van der Waals surface area contributed by atoms with Crippen LogP contribution in [0.25, 0.3) is 0 Å². The number of amidine groups is 1. The first-order valence-electron chi connectivity index (χ1n) is 7.93. The fraction of sp³-hybridized carbons (Fsp3) is 0.278. The lowest BCUT2D eigenvalue weighted by molar-refractivity contribution is -0.137. The van der Waals surface area contributed by atoms with Gasteiger partial charge in [-0.25, -0.2) is 9.59 Å². The first kappa shape index (κ1) is 23.9. The molecule has 1 aliphatic heterocycles. The van der Waals surface area contributed by atoms with E-state index >= 15 is 0 Å². The van der Waals surface area contributed by atoms with E-state index < -0.39 is 17.9 Å². The van der Waals surface area contributed by atoms with Crippen LogP contribution in [0.1, 0.15) is 18.4 Å². The van der Waals surface area contributed by atoms with Crippen molar-refractivity contribution in [2.24, 2.45) is 5.73 Å². The van der Waals surface area contributed by atoms with Gasteiger partial charge in [-0.3, -0.25) is 11.1 Å². The summed E-state index contributed by atoms with van der Waals surface area (Å²) < 4.78 is 9.93. The van der Waals surface area contributed by atoms with Gasteiger partial charge < -0.3 is 14.8 Å². The zero-order valence-electron chi connectivity index (χ0n) is 15.6. The molecular weight excluding hydrogens is 425 g/mol. The number of halogens is 2. The van der Waals surface area contributed by atoms with Gasteiger partial charge in [-0.1, -0.05) is 23.7 Å². The van der Waals surface area contributed by atoms with Crippen LogP contribution in [0.4, 0.5) is 0 Å². The number of methoxy groups -OCH3 is 2. The van der Waals surface area contributed by atoms with Crippen LogP contribution in [0.5, 0.6) is 0 Å². The summed E-state index contributed by atoms with van der Waals surface area (Å²) in [6.07, 6.45) is 0. The van der Waals surface area contributed by atoms with Crippen LogP contribution < -0.4 is 16.5 Å². The topological polar surface area (TPSA) is 116 Å². The van der Waals surface area contributed by atoms with Crippen molar-refractivity contribution < 1.29 is 24.5 Å². The van der Waals surface area contributed by atoms with Crippen molar-refractivity contribution in [3.63, 3.8) is 0 Å². The van der Waals surface area contributed by atoms with Gasteiger partial charge in [0.2, 0.25) is 0 Å².